The second-order valence-electron chi connectivity index (χ2n) is 6.03. The highest BCUT2D eigenvalue weighted by Gasteiger charge is 2.20. The number of ketones is 1. The fourth-order valence-corrected chi connectivity index (χ4v) is 2.33. The Morgan fingerprint density at radius 2 is 2.00 bits per heavy atom. The highest BCUT2D eigenvalue weighted by Crippen LogP contribution is 2.23. The molecule has 0 heterocycles. The number of Topliss-reactive ketones (excluding diaryl/α,β-unsaturated/α-hetero) is 1. The van der Waals surface area contributed by atoms with Gasteiger partial charge in [-0.25, -0.2) is 0 Å². The molecule has 3 heteroatoms. The number of ether oxygens (including phenoxy) is 1. The Balaban J connectivity index is 2.12. The lowest BCUT2D eigenvalue weighted by atomic mass is 9.89. The van der Waals surface area contributed by atoms with Crippen LogP contribution in [0.1, 0.15) is 55.1 Å². The van der Waals surface area contributed by atoms with Crippen molar-refractivity contribution in [1.29, 1.82) is 0 Å². The molecule has 0 saturated heterocycles. The van der Waals surface area contributed by atoms with Gasteiger partial charge in [0.1, 0.15) is 5.60 Å². The zero-order chi connectivity index (χ0) is 14.0. The molecule has 0 aliphatic heterocycles. The normalized spacial score (nSPS) is 15.0. The van der Waals surface area contributed by atoms with Gasteiger partial charge in [-0.05, 0) is 50.8 Å². The van der Waals surface area contributed by atoms with E-state index in [1.807, 2.05) is 39.0 Å². The number of esters is 1. The van der Waals surface area contributed by atoms with Gasteiger partial charge in [-0.1, -0.05) is 12.1 Å². The van der Waals surface area contributed by atoms with Crippen LogP contribution in [0.4, 0.5) is 0 Å². The molecule has 0 fully saturated rings. The van der Waals surface area contributed by atoms with Crippen molar-refractivity contribution in [1.82, 2.24) is 0 Å². The molecule has 1 aliphatic carbocycles. The summed E-state index contributed by atoms with van der Waals surface area (Å²) in [6.45, 7) is 5.55. The first kappa shape index (κ1) is 13.8. The van der Waals surface area contributed by atoms with E-state index in [9.17, 15) is 9.59 Å². The van der Waals surface area contributed by atoms with Crippen molar-refractivity contribution in [3.8, 4) is 0 Å². The Labute approximate surface area is 114 Å². The standard InChI is InChI=1S/C16H20O3/c1-16(2,3)19-15(18)10-11-7-8-12-5-4-6-14(17)13(12)9-11/h7-9H,4-6,10H2,1-3H3. The third-order valence-corrected chi connectivity index (χ3v) is 3.09. The number of hydrogen-bond acceptors (Lipinski definition) is 3. The third-order valence-electron chi connectivity index (χ3n) is 3.09. The molecule has 1 aromatic carbocycles. The molecule has 0 radical (unpaired) electrons. The Morgan fingerprint density at radius 1 is 1.26 bits per heavy atom. The number of hydrogen-bond donors (Lipinski definition) is 0. The van der Waals surface area contributed by atoms with Crippen molar-refractivity contribution in [2.45, 2.75) is 52.1 Å². The van der Waals surface area contributed by atoms with Crippen LogP contribution in [-0.4, -0.2) is 17.4 Å². The van der Waals surface area contributed by atoms with Gasteiger partial charge < -0.3 is 4.74 Å². The van der Waals surface area contributed by atoms with Crippen LogP contribution in [0.5, 0.6) is 0 Å². The van der Waals surface area contributed by atoms with Crippen molar-refractivity contribution in [2.75, 3.05) is 0 Å². The van der Waals surface area contributed by atoms with E-state index in [0.29, 0.717) is 6.42 Å². The van der Waals surface area contributed by atoms with E-state index in [2.05, 4.69) is 0 Å². The molecule has 0 amide bonds. The van der Waals surface area contributed by atoms with E-state index in [1.165, 1.54) is 0 Å². The second-order valence-corrected chi connectivity index (χ2v) is 6.03. The number of rotatable bonds is 2. The Kier molecular flexibility index (Phi) is 3.74. The van der Waals surface area contributed by atoms with Crippen molar-refractivity contribution in [2.24, 2.45) is 0 Å². The highest BCUT2D eigenvalue weighted by atomic mass is 16.6. The summed E-state index contributed by atoms with van der Waals surface area (Å²) >= 11 is 0. The summed E-state index contributed by atoms with van der Waals surface area (Å²) in [5.41, 5.74) is 2.26. The van der Waals surface area contributed by atoms with Crippen molar-refractivity contribution >= 4 is 11.8 Å². The van der Waals surface area contributed by atoms with Gasteiger partial charge in [0.2, 0.25) is 0 Å². The van der Waals surface area contributed by atoms with Crippen LogP contribution in [0.15, 0.2) is 18.2 Å². The summed E-state index contributed by atoms with van der Waals surface area (Å²) in [7, 11) is 0. The lowest BCUT2D eigenvalue weighted by Crippen LogP contribution is -2.25. The molecule has 19 heavy (non-hydrogen) atoms. The fraction of sp³-hybridized carbons (Fsp3) is 0.500. The van der Waals surface area contributed by atoms with Gasteiger partial charge >= 0.3 is 5.97 Å². The number of benzene rings is 1. The molecule has 2 rings (SSSR count). The molecule has 0 bridgehead atoms. The minimum atomic E-state index is -0.471. The zero-order valence-electron chi connectivity index (χ0n) is 11.8. The monoisotopic (exact) mass is 260 g/mol. The van der Waals surface area contributed by atoms with Gasteiger partial charge in [0, 0.05) is 12.0 Å². The summed E-state index contributed by atoms with van der Waals surface area (Å²) in [5.74, 6) is -0.0667. The van der Waals surface area contributed by atoms with Crippen LogP contribution in [0.25, 0.3) is 0 Å². The summed E-state index contributed by atoms with van der Waals surface area (Å²) in [5, 5.41) is 0. The van der Waals surface area contributed by atoms with Crippen LogP contribution in [0.2, 0.25) is 0 Å². The minimum absolute atomic E-state index is 0.187. The first-order chi connectivity index (χ1) is 8.85. The molecule has 0 spiro atoms. The third kappa shape index (κ3) is 3.66. The SMILES string of the molecule is CC(C)(C)OC(=O)Cc1ccc2c(c1)C(=O)CCC2. The summed E-state index contributed by atoms with van der Waals surface area (Å²) in [6.07, 6.45) is 2.71. The van der Waals surface area contributed by atoms with Gasteiger partial charge in [0.25, 0.3) is 0 Å². The molecule has 0 atom stereocenters. The topological polar surface area (TPSA) is 43.4 Å². The molecule has 0 N–H and O–H groups in total. The molecule has 0 saturated carbocycles. The predicted octanol–water partition coefficient (Wildman–Crippen LogP) is 3.09. The average molecular weight is 260 g/mol. The quantitative estimate of drug-likeness (QED) is 0.767. The molecule has 102 valence electrons. The minimum Gasteiger partial charge on any atom is -0.460 e. The second kappa shape index (κ2) is 5.16. The maximum absolute atomic E-state index is 11.8. The molecule has 3 nitrogen and oxygen atoms in total. The van der Waals surface area contributed by atoms with E-state index in [0.717, 1.165) is 29.5 Å². The van der Waals surface area contributed by atoms with Crippen LogP contribution < -0.4 is 0 Å². The number of aryl methyl sites for hydroxylation is 1. The van der Waals surface area contributed by atoms with Gasteiger partial charge in [-0.2, -0.15) is 0 Å². The maximum atomic E-state index is 11.8. The highest BCUT2D eigenvalue weighted by molar-refractivity contribution is 5.98. The number of carbonyl (C=O) groups excluding carboxylic acids is 2. The largest absolute Gasteiger partial charge is 0.460 e. The van der Waals surface area contributed by atoms with E-state index in [4.69, 9.17) is 4.74 Å². The molecule has 1 aliphatic rings. The summed E-state index contributed by atoms with van der Waals surface area (Å²) < 4.78 is 5.29. The first-order valence-electron chi connectivity index (χ1n) is 6.72. The Morgan fingerprint density at radius 3 is 2.68 bits per heavy atom. The maximum Gasteiger partial charge on any atom is 0.310 e. The van der Waals surface area contributed by atoms with Crippen LogP contribution in [-0.2, 0) is 22.4 Å². The van der Waals surface area contributed by atoms with Gasteiger partial charge in [-0.15, -0.1) is 0 Å². The average Bonchev–Trinajstić information content (AvgIpc) is 2.27. The van der Waals surface area contributed by atoms with Crippen LogP contribution >= 0.6 is 0 Å². The first-order valence-corrected chi connectivity index (χ1v) is 6.72. The van der Waals surface area contributed by atoms with E-state index in [1.54, 1.807) is 0 Å². The van der Waals surface area contributed by atoms with Crippen molar-refractivity contribution in [3.05, 3.63) is 34.9 Å². The lowest BCUT2D eigenvalue weighted by molar-refractivity contribution is -0.153. The van der Waals surface area contributed by atoms with Gasteiger partial charge in [-0.3, -0.25) is 9.59 Å². The molecule has 1 aromatic rings. The predicted molar refractivity (Wildman–Crippen MR) is 73.3 cm³/mol. The molecular weight excluding hydrogens is 240 g/mol. The number of carbonyl (C=O) groups is 2. The molecule has 0 unspecified atom stereocenters. The summed E-state index contributed by atoms with van der Waals surface area (Å²) in [4.78, 5) is 23.6. The zero-order valence-corrected chi connectivity index (χ0v) is 11.8. The lowest BCUT2D eigenvalue weighted by Gasteiger charge is -2.20. The van der Waals surface area contributed by atoms with Gasteiger partial charge in [0.15, 0.2) is 5.78 Å². The summed E-state index contributed by atoms with van der Waals surface area (Å²) in [6, 6.07) is 5.73. The van der Waals surface area contributed by atoms with Crippen molar-refractivity contribution < 1.29 is 14.3 Å². The Hall–Kier alpha value is -1.64. The molecule has 0 aromatic heterocycles. The van der Waals surface area contributed by atoms with E-state index >= 15 is 0 Å². The van der Waals surface area contributed by atoms with E-state index < -0.39 is 5.60 Å². The fourth-order valence-electron chi connectivity index (χ4n) is 2.33. The molecular formula is C16H20O3. The van der Waals surface area contributed by atoms with Gasteiger partial charge in [0.05, 0.1) is 6.42 Å². The smallest absolute Gasteiger partial charge is 0.310 e. The van der Waals surface area contributed by atoms with Crippen LogP contribution in [0, 0.1) is 0 Å². The van der Waals surface area contributed by atoms with Crippen LogP contribution in [0.3, 0.4) is 0 Å². The van der Waals surface area contributed by atoms with E-state index in [-0.39, 0.29) is 18.2 Å². The Bertz CT molecular complexity index is 509. The van der Waals surface area contributed by atoms with Crippen molar-refractivity contribution in [3.63, 3.8) is 0 Å². The number of fused-ring (bicyclic) bond motifs is 1.